The lowest BCUT2D eigenvalue weighted by Crippen LogP contribution is -1.97. The number of hydrogen-bond acceptors (Lipinski definition) is 3. The summed E-state index contributed by atoms with van der Waals surface area (Å²) in [7, 11) is 1.83. The number of hydrogen-bond donors (Lipinski definition) is 1. The molecule has 0 saturated heterocycles. The number of halogens is 2. The van der Waals surface area contributed by atoms with Crippen LogP contribution < -0.4 is 5.73 Å². The molecule has 6 heteroatoms. The van der Waals surface area contributed by atoms with Crippen molar-refractivity contribution in [3.05, 3.63) is 51.3 Å². The molecule has 3 aromatic rings. The van der Waals surface area contributed by atoms with E-state index in [9.17, 15) is 0 Å². The number of nitrogens with two attached hydrogens (primary N) is 1. The zero-order valence-corrected chi connectivity index (χ0v) is 14.1. The fourth-order valence-electron chi connectivity index (χ4n) is 2.19. The Labute approximate surface area is 141 Å². The maximum atomic E-state index is 6.23. The molecule has 1 aromatic carbocycles. The minimum Gasteiger partial charge on any atom is -0.383 e. The molecule has 0 amide bonds. The monoisotopic (exact) mass is 410 g/mol. The van der Waals surface area contributed by atoms with Crippen LogP contribution in [0.2, 0.25) is 5.02 Å². The van der Waals surface area contributed by atoms with Crippen LogP contribution in [0.1, 0.15) is 0 Å². The van der Waals surface area contributed by atoms with Crippen LogP contribution in [0.5, 0.6) is 0 Å². The van der Waals surface area contributed by atoms with Gasteiger partial charge in [-0.15, -0.1) is 0 Å². The van der Waals surface area contributed by atoms with Crippen LogP contribution in [0.25, 0.3) is 22.4 Å². The van der Waals surface area contributed by atoms with Gasteiger partial charge in [0.2, 0.25) is 0 Å². The van der Waals surface area contributed by atoms with Gasteiger partial charge in [-0.3, -0.25) is 9.67 Å². The first kappa shape index (κ1) is 14.3. The summed E-state index contributed by atoms with van der Waals surface area (Å²) < 4.78 is 2.68. The predicted octanol–water partition coefficient (Wildman–Crippen LogP) is 3.99. The molecule has 0 fully saturated rings. The molecule has 0 radical (unpaired) electrons. The molecule has 0 atom stereocenters. The second-order valence-corrected chi connectivity index (χ2v) is 6.17. The predicted molar refractivity (Wildman–Crippen MR) is 94.0 cm³/mol. The van der Waals surface area contributed by atoms with Crippen LogP contribution in [-0.2, 0) is 7.05 Å². The summed E-state index contributed by atoms with van der Waals surface area (Å²) in [4.78, 5) is 4.05. The van der Waals surface area contributed by atoms with Gasteiger partial charge in [-0.1, -0.05) is 17.7 Å². The first-order valence-corrected chi connectivity index (χ1v) is 7.72. The standard InChI is InChI=1S/C15H12ClIN4/c1-21-15(18)13(9-4-6-19-7-5-9)14(20-21)10-2-3-12(17)11(16)8-10/h2-8H,18H2,1H3. The lowest BCUT2D eigenvalue weighted by Gasteiger charge is -2.05. The van der Waals surface area contributed by atoms with Crippen LogP contribution in [0.3, 0.4) is 0 Å². The van der Waals surface area contributed by atoms with Gasteiger partial charge in [0.05, 0.1) is 10.6 Å². The summed E-state index contributed by atoms with van der Waals surface area (Å²) >= 11 is 8.43. The summed E-state index contributed by atoms with van der Waals surface area (Å²) in [5.74, 6) is 0.617. The number of nitrogen functional groups attached to an aromatic ring is 1. The number of nitrogens with zero attached hydrogens (tertiary/aromatic N) is 3. The third-order valence-electron chi connectivity index (χ3n) is 3.25. The van der Waals surface area contributed by atoms with E-state index in [0.29, 0.717) is 10.8 Å². The molecule has 0 saturated carbocycles. The average Bonchev–Trinajstić information content (AvgIpc) is 2.79. The Morgan fingerprint density at radius 2 is 1.86 bits per heavy atom. The topological polar surface area (TPSA) is 56.7 Å². The van der Waals surface area contributed by atoms with E-state index in [2.05, 4.69) is 32.7 Å². The molecule has 4 nitrogen and oxygen atoms in total. The quantitative estimate of drug-likeness (QED) is 0.650. The summed E-state index contributed by atoms with van der Waals surface area (Å²) in [6, 6.07) is 9.73. The molecule has 2 N–H and O–H groups in total. The molecule has 0 spiro atoms. The average molecular weight is 411 g/mol. The summed E-state index contributed by atoms with van der Waals surface area (Å²) in [6.45, 7) is 0. The first-order chi connectivity index (χ1) is 10.1. The van der Waals surface area contributed by atoms with E-state index in [-0.39, 0.29) is 0 Å². The highest BCUT2D eigenvalue weighted by atomic mass is 127. The van der Waals surface area contributed by atoms with E-state index in [4.69, 9.17) is 17.3 Å². The highest BCUT2D eigenvalue weighted by molar-refractivity contribution is 14.1. The minimum atomic E-state index is 0.617. The first-order valence-electron chi connectivity index (χ1n) is 6.26. The SMILES string of the molecule is Cn1nc(-c2ccc(I)c(Cl)c2)c(-c2ccncc2)c1N. The number of rotatable bonds is 2. The van der Waals surface area contributed by atoms with E-state index in [1.807, 2.05) is 37.4 Å². The molecule has 21 heavy (non-hydrogen) atoms. The molecule has 3 rings (SSSR count). The number of anilines is 1. The number of aryl methyl sites for hydroxylation is 1. The summed E-state index contributed by atoms with van der Waals surface area (Å²) in [5.41, 5.74) is 9.84. The third kappa shape index (κ3) is 2.63. The second-order valence-electron chi connectivity index (χ2n) is 4.60. The zero-order chi connectivity index (χ0) is 15.0. The number of benzene rings is 1. The van der Waals surface area contributed by atoms with E-state index in [1.54, 1.807) is 17.1 Å². The Morgan fingerprint density at radius 3 is 2.52 bits per heavy atom. The van der Waals surface area contributed by atoms with Gasteiger partial charge in [0.25, 0.3) is 0 Å². The molecule has 106 valence electrons. The lowest BCUT2D eigenvalue weighted by atomic mass is 10.0. The van der Waals surface area contributed by atoms with Crippen molar-refractivity contribution in [1.82, 2.24) is 14.8 Å². The van der Waals surface area contributed by atoms with Crippen molar-refractivity contribution in [3.8, 4) is 22.4 Å². The number of pyridine rings is 1. The Balaban J connectivity index is 2.24. The molecule has 0 aliphatic rings. The van der Waals surface area contributed by atoms with Crippen LogP contribution in [-0.4, -0.2) is 14.8 Å². The van der Waals surface area contributed by atoms with Gasteiger partial charge in [-0.05, 0) is 52.4 Å². The summed E-state index contributed by atoms with van der Waals surface area (Å²) in [5, 5.41) is 5.24. The summed E-state index contributed by atoms with van der Waals surface area (Å²) in [6.07, 6.45) is 3.49. The third-order valence-corrected chi connectivity index (χ3v) is 4.83. The maximum absolute atomic E-state index is 6.23. The van der Waals surface area contributed by atoms with E-state index < -0.39 is 0 Å². The van der Waals surface area contributed by atoms with Crippen LogP contribution in [0.4, 0.5) is 5.82 Å². The Bertz CT molecular complexity index is 799. The van der Waals surface area contributed by atoms with Crippen molar-refractivity contribution in [3.63, 3.8) is 0 Å². The van der Waals surface area contributed by atoms with Gasteiger partial charge in [0, 0.05) is 28.6 Å². The molecule has 0 unspecified atom stereocenters. The van der Waals surface area contributed by atoms with Gasteiger partial charge >= 0.3 is 0 Å². The van der Waals surface area contributed by atoms with Crippen molar-refractivity contribution >= 4 is 40.0 Å². The minimum absolute atomic E-state index is 0.617. The smallest absolute Gasteiger partial charge is 0.129 e. The largest absolute Gasteiger partial charge is 0.383 e. The van der Waals surface area contributed by atoms with Crippen molar-refractivity contribution < 1.29 is 0 Å². The van der Waals surface area contributed by atoms with E-state index in [1.165, 1.54) is 0 Å². The molecule has 2 heterocycles. The molecular formula is C15H12ClIN4. The van der Waals surface area contributed by atoms with Crippen molar-refractivity contribution in [2.45, 2.75) is 0 Å². The number of aromatic nitrogens is 3. The Morgan fingerprint density at radius 1 is 1.14 bits per heavy atom. The molecular weight excluding hydrogens is 399 g/mol. The van der Waals surface area contributed by atoms with Gasteiger partial charge in [-0.25, -0.2) is 0 Å². The van der Waals surface area contributed by atoms with E-state index >= 15 is 0 Å². The molecule has 0 bridgehead atoms. The molecule has 0 aliphatic carbocycles. The zero-order valence-electron chi connectivity index (χ0n) is 11.2. The van der Waals surface area contributed by atoms with Crippen molar-refractivity contribution in [2.24, 2.45) is 7.05 Å². The fraction of sp³-hybridized carbons (Fsp3) is 0.0667. The highest BCUT2D eigenvalue weighted by Gasteiger charge is 2.17. The van der Waals surface area contributed by atoms with Crippen LogP contribution in [0.15, 0.2) is 42.7 Å². The van der Waals surface area contributed by atoms with E-state index in [0.717, 1.165) is 26.0 Å². The molecule has 0 aliphatic heterocycles. The van der Waals surface area contributed by atoms with Gasteiger partial charge < -0.3 is 5.73 Å². The van der Waals surface area contributed by atoms with Crippen molar-refractivity contribution in [2.75, 3.05) is 5.73 Å². The Hall–Kier alpha value is -1.60. The second kappa shape index (κ2) is 5.65. The van der Waals surface area contributed by atoms with Gasteiger partial charge in [0.15, 0.2) is 0 Å². The lowest BCUT2D eigenvalue weighted by molar-refractivity contribution is 0.782. The van der Waals surface area contributed by atoms with Gasteiger partial charge in [0.1, 0.15) is 11.5 Å². The van der Waals surface area contributed by atoms with Crippen LogP contribution >= 0.6 is 34.2 Å². The molecule has 2 aromatic heterocycles. The maximum Gasteiger partial charge on any atom is 0.129 e. The fourth-order valence-corrected chi connectivity index (χ4v) is 2.70. The highest BCUT2D eigenvalue weighted by Crippen LogP contribution is 2.36. The van der Waals surface area contributed by atoms with Gasteiger partial charge in [-0.2, -0.15) is 5.10 Å². The normalized spacial score (nSPS) is 10.8. The van der Waals surface area contributed by atoms with Crippen molar-refractivity contribution in [1.29, 1.82) is 0 Å². The van der Waals surface area contributed by atoms with Crippen LogP contribution in [0, 0.1) is 3.57 Å². The Kier molecular flexibility index (Phi) is 3.86.